The summed E-state index contributed by atoms with van der Waals surface area (Å²) < 4.78 is 31.6. The molecule has 0 saturated carbocycles. The molecule has 5 nitrogen and oxygen atoms in total. The van der Waals surface area contributed by atoms with Crippen molar-refractivity contribution in [3.8, 4) is 11.1 Å². The molecule has 3 rings (SSSR count). The summed E-state index contributed by atoms with van der Waals surface area (Å²) in [7, 11) is -4.24. The zero-order valence-corrected chi connectivity index (χ0v) is 15.6. The lowest BCUT2D eigenvalue weighted by Crippen LogP contribution is -1.99. The minimum Gasteiger partial charge on any atom is -0.399 e. The third-order valence-electron chi connectivity index (χ3n) is 4.41. The highest BCUT2D eigenvalue weighted by Crippen LogP contribution is 2.35. The van der Waals surface area contributed by atoms with Crippen LogP contribution in [-0.2, 0) is 10.1 Å². The van der Waals surface area contributed by atoms with E-state index in [1.165, 1.54) is 12.1 Å². The Balaban J connectivity index is 2.11. The van der Waals surface area contributed by atoms with Crippen LogP contribution >= 0.6 is 0 Å². The Morgan fingerprint density at radius 1 is 0.889 bits per heavy atom. The van der Waals surface area contributed by atoms with Crippen molar-refractivity contribution in [3.63, 3.8) is 0 Å². The van der Waals surface area contributed by atoms with Crippen LogP contribution in [-0.4, -0.2) is 13.0 Å². The molecule has 0 radical (unpaired) electrons. The van der Waals surface area contributed by atoms with Crippen molar-refractivity contribution in [2.45, 2.75) is 11.8 Å². The molecule has 0 aliphatic carbocycles. The van der Waals surface area contributed by atoms with Gasteiger partial charge in [0.05, 0.1) is 4.90 Å². The Morgan fingerprint density at radius 2 is 1.44 bits per heavy atom. The van der Waals surface area contributed by atoms with Gasteiger partial charge in [-0.25, -0.2) is 0 Å². The number of hydrogen-bond acceptors (Lipinski definition) is 4. The Labute approximate surface area is 158 Å². The van der Waals surface area contributed by atoms with Crippen molar-refractivity contribution in [1.29, 1.82) is 0 Å². The van der Waals surface area contributed by atoms with E-state index in [4.69, 9.17) is 16.0 Å². The number of hydrogen-bond donors (Lipinski definition) is 3. The first-order valence-electron chi connectivity index (χ1n) is 8.20. The van der Waals surface area contributed by atoms with Gasteiger partial charge in [-0.3, -0.25) is 4.55 Å². The van der Waals surface area contributed by atoms with E-state index in [1.807, 2.05) is 43.3 Å². The second-order valence-corrected chi connectivity index (χ2v) is 7.78. The lowest BCUT2D eigenvalue weighted by Gasteiger charge is -2.16. The minimum atomic E-state index is -4.24. The van der Waals surface area contributed by atoms with Crippen LogP contribution in [0.1, 0.15) is 16.7 Å². The molecule has 0 aromatic heterocycles. The van der Waals surface area contributed by atoms with Gasteiger partial charge in [-0.1, -0.05) is 30.8 Å². The SMILES string of the molecule is C=C(c1ccc(S(=O)(=O)O)cc1)c1cc(N)ccc1-c1ccc(N)cc1C. The van der Waals surface area contributed by atoms with Crippen molar-refractivity contribution in [1.82, 2.24) is 0 Å². The molecule has 3 aromatic carbocycles. The van der Waals surface area contributed by atoms with Crippen molar-refractivity contribution in [3.05, 3.63) is 83.9 Å². The Hall–Kier alpha value is -3.09. The second kappa shape index (κ2) is 6.90. The molecule has 0 aliphatic heterocycles. The van der Waals surface area contributed by atoms with Crippen molar-refractivity contribution in [2.75, 3.05) is 11.5 Å². The van der Waals surface area contributed by atoms with Gasteiger partial charge in [-0.2, -0.15) is 8.42 Å². The molecular formula is C21H20N2O3S. The molecule has 0 atom stereocenters. The lowest BCUT2D eigenvalue weighted by atomic mass is 9.89. The molecule has 27 heavy (non-hydrogen) atoms. The van der Waals surface area contributed by atoms with E-state index in [0.717, 1.165) is 27.8 Å². The quantitative estimate of drug-likeness (QED) is 0.466. The third kappa shape index (κ3) is 3.86. The van der Waals surface area contributed by atoms with Gasteiger partial charge in [0, 0.05) is 11.4 Å². The monoisotopic (exact) mass is 380 g/mol. The minimum absolute atomic E-state index is 0.166. The topological polar surface area (TPSA) is 106 Å². The van der Waals surface area contributed by atoms with Crippen LogP contribution in [0.4, 0.5) is 11.4 Å². The molecule has 0 aliphatic rings. The highest BCUT2D eigenvalue weighted by atomic mass is 32.2. The summed E-state index contributed by atoms with van der Waals surface area (Å²) in [6.07, 6.45) is 0. The average molecular weight is 380 g/mol. The van der Waals surface area contributed by atoms with Crippen LogP contribution < -0.4 is 11.5 Å². The first-order valence-corrected chi connectivity index (χ1v) is 9.64. The number of aryl methyl sites for hydroxylation is 1. The summed E-state index contributed by atoms with van der Waals surface area (Å²) in [6.45, 7) is 6.15. The van der Waals surface area contributed by atoms with Crippen LogP contribution in [0.15, 0.2) is 72.1 Å². The van der Waals surface area contributed by atoms with E-state index in [2.05, 4.69) is 6.58 Å². The zero-order valence-electron chi connectivity index (χ0n) is 14.8. The number of nitrogen functional groups attached to an aromatic ring is 2. The largest absolute Gasteiger partial charge is 0.399 e. The summed E-state index contributed by atoms with van der Waals surface area (Å²) in [4.78, 5) is -0.166. The van der Waals surface area contributed by atoms with E-state index in [9.17, 15) is 8.42 Å². The van der Waals surface area contributed by atoms with E-state index < -0.39 is 10.1 Å². The summed E-state index contributed by atoms with van der Waals surface area (Å²) in [5.74, 6) is 0. The molecule has 6 heteroatoms. The molecule has 0 spiro atoms. The van der Waals surface area contributed by atoms with Crippen LogP contribution in [0.2, 0.25) is 0 Å². The van der Waals surface area contributed by atoms with Crippen LogP contribution in [0.5, 0.6) is 0 Å². The second-order valence-electron chi connectivity index (χ2n) is 6.36. The van der Waals surface area contributed by atoms with Gasteiger partial charge in [0.1, 0.15) is 0 Å². The van der Waals surface area contributed by atoms with Gasteiger partial charge < -0.3 is 11.5 Å². The fourth-order valence-corrected chi connectivity index (χ4v) is 3.50. The van der Waals surface area contributed by atoms with Gasteiger partial charge in [0.15, 0.2) is 0 Å². The fraction of sp³-hybridized carbons (Fsp3) is 0.0476. The highest BCUT2D eigenvalue weighted by Gasteiger charge is 2.14. The lowest BCUT2D eigenvalue weighted by molar-refractivity contribution is 0.483. The highest BCUT2D eigenvalue weighted by molar-refractivity contribution is 7.85. The number of rotatable bonds is 4. The average Bonchev–Trinajstić information content (AvgIpc) is 2.61. The van der Waals surface area contributed by atoms with Crippen molar-refractivity contribution in [2.24, 2.45) is 0 Å². The molecule has 0 fully saturated rings. The first-order chi connectivity index (χ1) is 12.7. The summed E-state index contributed by atoms with van der Waals surface area (Å²) in [5, 5.41) is 0. The van der Waals surface area contributed by atoms with Gasteiger partial charge in [-0.05, 0) is 76.7 Å². The number of anilines is 2. The molecule has 0 bridgehead atoms. The third-order valence-corrected chi connectivity index (χ3v) is 5.28. The maximum Gasteiger partial charge on any atom is 0.294 e. The molecule has 3 aromatic rings. The number of benzene rings is 3. The van der Waals surface area contributed by atoms with Crippen molar-refractivity contribution < 1.29 is 13.0 Å². The molecule has 5 N–H and O–H groups in total. The van der Waals surface area contributed by atoms with Crippen LogP contribution in [0, 0.1) is 6.92 Å². The maximum atomic E-state index is 11.2. The Bertz CT molecular complexity index is 1130. The van der Waals surface area contributed by atoms with E-state index in [1.54, 1.807) is 12.1 Å². The van der Waals surface area contributed by atoms with Gasteiger partial charge in [0.25, 0.3) is 10.1 Å². The molecule has 0 unspecified atom stereocenters. The van der Waals surface area contributed by atoms with Crippen LogP contribution in [0.25, 0.3) is 16.7 Å². The molecule has 0 heterocycles. The predicted octanol–water partition coefficient (Wildman–Crippen LogP) is 4.13. The van der Waals surface area contributed by atoms with Crippen molar-refractivity contribution >= 4 is 27.1 Å². The molecule has 138 valence electrons. The van der Waals surface area contributed by atoms with Crippen LogP contribution in [0.3, 0.4) is 0 Å². The molecular weight excluding hydrogens is 360 g/mol. The van der Waals surface area contributed by atoms with Gasteiger partial charge in [-0.15, -0.1) is 0 Å². The first kappa shape index (κ1) is 18.7. The van der Waals surface area contributed by atoms with E-state index in [0.29, 0.717) is 16.9 Å². The summed E-state index contributed by atoms with van der Waals surface area (Å²) >= 11 is 0. The van der Waals surface area contributed by atoms with E-state index >= 15 is 0 Å². The molecule has 0 saturated heterocycles. The fourth-order valence-electron chi connectivity index (χ4n) is 3.02. The van der Waals surface area contributed by atoms with E-state index in [-0.39, 0.29) is 4.90 Å². The van der Waals surface area contributed by atoms with Gasteiger partial charge >= 0.3 is 0 Å². The zero-order chi connectivity index (χ0) is 19.8. The Kier molecular flexibility index (Phi) is 4.78. The molecule has 0 amide bonds. The smallest absolute Gasteiger partial charge is 0.294 e. The predicted molar refractivity (Wildman–Crippen MR) is 110 cm³/mol. The maximum absolute atomic E-state index is 11.2. The summed E-state index contributed by atoms with van der Waals surface area (Å²) in [6, 6.07) is 17.2. The summed E-state index contributed by atoms with van der Waals surface area (Å²) in [5.41, 5.74) is 18.4. The van der Waals surface area contributed by atoms with Gasteiger partial charge in [0.2, 0.25) is 0 Å². The normalized spacial score (nSPS) is 11.3. The standard InChI is InChI=1S/C21H20N2O3S/c1-13-11-16(22)5-9-19(13)20-10-6-17(23)12-21(20)14(2)15-3-7-18(8-4-15)27(24,25)26/h3-12H,2,22-23H2,1H3,(H,24,25,26). The number of nitrogens with two attached hydrogens (primary N) is 2. The Morgan fingerprint density at radius 3 is 2.00 bits per heavy atom.